The van der Waals surface area contributed by atoms with Gasteiger partial charge in [-0.1, -0.05) is 54.1 Å². The molecule has 1 amide bonds. The van der Waals surface area contributed by atoms with Gasteiger partial charge in [0, 0.05) is 13.1 Å². The number of carbonyl (C=O) groups is 1. The summed E-state index contributed by atoms with van der Waals surface area (Å²) in [6.45, 7) is 5.82. The molecule has 6 heteroatoms. The van der Waals surface area contributed by atoms with E-state index >= 15 is 0 Å². The van der Waals surface area contributed by atoms with Gasteiger partial charge in [0.1, 0.15) is 6.04 Å². The second kappa shape index (κ2) is 11.3. The van der Waals surface area contributed by atoms with Crippen LogP contribution in [-0.2, 0) is 17.9 Å². The maximum Gasteiger partial charge on any atom is 0.241 e. The Kier molecular flexibility index (Phi) is 9.81. The zero-order valence-electron chi connectivity index (χ0n) is 15.7. The standard InChI is InChI=1S/C21H27N3O.2ClH/c1-16-8-10-17(11-9-16)20(22)21(25)23-14-18-6-2-3-7-19(18)15-24-12-4-5-13-24;;/h2-3,6-11,20H,4-5,12-15,22H2,1H3,(H,23,25);2*1H. The molecule has 2 aromatic carbocycles. The van der Waals surface area contributed by atoms with E-state index in [9.17, 15) is 4.79 Å². The summed E-state index contributed by atoms with van der Waals surface area (Å²) in [5.74, 6) is -0.139. The van der Waals surface area contributed by atoms with E-state index in [2.05, 4.69) is 28.4 Å². The fraction of sp³-hybridized carbons (Fsp3) is 0.381. The molecular formula is C21H29Cl2N3O. The summed E-state index contributed by atoms with van der Waals surface area (Å²) in [5, 5.41) is 2.99. The second-order valence-corrected chi connectivity index (χ2v) is 6.86. The molecule has 0 aliphatic carbocycles. The van der Waals surface area contributed by atoms with Gasteiger partial charge in [0.2, 0.25) is 5.91 Å². The van der Waals surface area contributed by atoms with E-state index in [1.165, 1.54) is 37.1 Å². The van der Waals surface area contributed by atoms with Crippen LogP contribution in [0.5, 0.6) is 0 Å². The van der Waals surface area contributed by atoms with Gasteiger partial charge in [-0.2, -0.15) is 0 Å². The fourth-order valence-electron chi connectivity index (χ4n) is 3.28. The molecule has 3 rings (SSSR count). The number of benzene rings is 2. The maximum atomic E-state index is 12.4. The lowest BCUT2D eigenvalue weighted by Crippen LogP contribution is -2.34. The van der Waals surface area contributed by atoms with Gasteiger partial charge in [0.25, 0.3) is 0 Å². The van der Waals surface area contributed by atoms with E-state index in [-0.39, 0.29) is 30.7 Å². The highest BCUT2D eigenvalue weighted by atomic mass is 35.5. The average Bonchev–Trinajstić information content (AvgIpc) is 3.14. The van der Waals surface area contributed by atoms with Crippen LogP contribution in [-0.4, -0.2) is 23.9 Å². The molecule has 0 aromatic heterocycles. The molecule has 1 aliphatic heterocycles. The molecule has 0 radical (unpaired) electrons. The normalized spacial score (nSPS) is 14.7. The van der Waals surface area contributed by atoms with Crippen molar-refractivity contribution in [2.45, 2.75) is 38.9 Å². The van der Waals surface area contributed by atoms with Crippen LogP contribution in [0.25, 0.3) is 0 Å². The van der Waals surface area contributed by atoms with Gasteiger partial charge >= 0.3 is 0 Å². The fourth-order valence-corrected chi connectivity index (χ4v) is 3.28. The summed E-state index contributed by atoms with van der Waals surface area (Å²) < 4.78 is 0. The number of likely N-dealkylation sites (tertiary alicyclic amines) is 1. The number of hydrogen-bond donors (Lipinski definition) is 2. The van der Waals surface area contributed by atoms with Crippen LogP contribution in [0, 0.1) is 6.92 Å². The quantitative estimate of drug-likeness (QED) is 0.763. The van der Waals surface area contributed by atoms with Crippen molar-refractivity contribution in [1.82, 2.24) is 10.2 Å². The highest BCUT2D eigenvalue weighted by molar-refractivity contribution is 5.85. The largest absolute Gasteiger partial charge is 0.350 e. The summed E-state index contributed by atoms with van der Waals surface area (Å²) in [4.78, 5) is 14.9. The van der Waals surface area contributed by atoms with E-state index in [0.717, 1.165) is 17.7 Å². The highest BCUT2D eigenvalue weighted by Gasteiger charge is 2.17. The molecule has 0 bridgehead atoms. The Morgan fingerprint density at radius 3 is 2.26 bits per heavy atom. The predicted molar refractivity (Wildman–Crippen MR) is 115 cm³/mol. The third-order valence-corrected chi connectivity index (χ3v) is 4.88. The van der Waals surface area contributed by atoms with Crippen molar-refractivity contribution in [3.05, 3.63) is 70.8 Å². The van der Waals surface area contributed by atoms with Crippen molar-refractivity contribution < 1.29 is 4.79 Å². The lowest BCUT2D eigenvalue weighted by molar-refractivity contribution is -0.122. The first kappa shape index (κ1) is 23.4. The van der Waals surface area contributed by atoms with Crippen LogP contribution in [0.3, 0.4) is 0 Å². The molecular weight excluding hydrogens is 381 g/mol. The van der Waals surface area contributed by atoms with E-state index in [0.29, 0.717) is 6.54 Å². The summed E-state index contributed by atoms with van der Waals surface area (Å²) >= 11 is 0. The van der Waals surface area contributed by atoms with Gasteiger partial charge in [-0.05, 0) is 49.5 Å². The lowest BCUT2D eigenvalue weighted by atomic mass is 10.0. The number of nitrogens with zero attached hydrogens (tertiary/aromatic N) is 1. The van der Waals surface area contributed by atoms with Crippen LogP contribution < -0.4 is 11.1 Å². The van der Waals surface area contributed by atoms with Crippen molar-refractivity contribution in [3.63, 3.8) is 0 Å². The molecule has 4 nitrogen and oxygen atoms in total. The molecule has 1 fully saturated rings. The molecule has 27 heavy (non-hydrogen) atoms. The Hall–Kier alpha value is -1.59. The van der Waals surface area contributed by atoms with E-state index < -0.39 is 6.04 Å². The summed E-state index contributed by atoms with van der Waals surface area (Å²) in [6.07, 6.45) is 2.56. The SMILES string of the molecule is Cc1ccc(C(N)C(=O)NCc2ccccc2CN2CCCC2)cc1.Cl.Cl. The van der Waals surface area contributed by atoms with Gasteiger partial charge < -0.3 is 11.1 Å². The second-order valence-electron chi connectivity index (χ2n) is 6.86. The Balaban J connectivity index is 0.00000182. The zero-order chi connectivity index (χ0) is 17.6. The van der Waals surface area contributed by atoms with Crippen molar-refractivity contribution in [3.8, 4) is 0 Å². The van der Waals surface area contributed by atoms with Crippen LogP contribution in [0.15, 0.2) is 48.5 Å². The minimum Gasteiger partial charge on any atom is -0.350 e. The number of hydrogen-bond acceptors (Lipinski definition) is 3. The number of carbonyl (C=O) groups excluding carboxylic acids is 1. The lowest BCUT2D eigenvalue weighted by Gasteiger charge is -2.18. The number of nitrogens with two attached hydrogens (primary N) is 1. The van der Waals surface area contributed by atoms with Crippen molar-refractivity contribution >= 4 is 30.7 Å². The van der Waals surface area contributed by atoms with Crippen LogP contribution in [0.2, 0.25) is 0 Å². The molecule has 148 valence electrons. The number of halogens is 2. The highest BCUT2D eigenvalue weighted by Crippen LogP contribution is 2.17. The molecule has 1 saturated heterocycles. The molecule has 1 heterocycles. The van der Waals surface area contributed by atoms with E-state index in [4.69, 9.17) is 5.73 Å². The minimum absolute atomic E-state index is 0. The van der Waals surface area contributed by atoms with Gasteiger partial charge in [0.15, 0.2) is 0 Å². The van der Waals surface area contributed by atoms with Gasteiger partial charge in [0.05, 0.1) is 0 Å². The first-order chi connectivity index (χ1) is 12.1. The third-order valence-electron chi connectivity index (χ3n) is 4.88. The summed E-state index contributed by atoms with van der Waals surface area (Å²) in [5.41, 5.74) is 10.6. The van der Waals surface area contributed by atoms with Crippen molar-refractivity contribution in [2.75, 3.05) is 13.1 Å². The van der Waals surface area contributed by atoms with Crippen molar-refractivity contribution in [1.29, 1.82) is 0 Å². The first-order valence-electron chi connectivity index (χ1n) is 9.02. The molecule has 1 atom stereocenters. The number of amides is 1. The Morgan fingerprint density at radius 1 is 1.04 bits per heavy atom. The van der Waals surface area contributed by atoms with Crippen LogP contribution >= 0.6 is 24.8 Å². The van der Waals surface area contributed by atoms with E-state index in [1.807, 2.05) is 37.3 Å². The molecule has 1 aliphatic rings. The summed E-state index contributed by atoms with van der Waals surface area (Å²) in [7, 11) is 0. The number of rotatable bonds is 6. The number of aryl methyl sites for hydroxylation is 1. The first-order valence-corrected chi connectivity index (χ1v) is 9.02. The molecule has 2 aromatic rings. The monoisotopic (exact) mass is 409 g/mol. The molecule has 1 unspecified atom stereocenters. The van der Waals surface area contributed by atoms with Gasteiger partial charge in [-0.25, -0.2) is 0 Å². The van der Waals surface area contributed by atoms with Crippen molar-refractivity contribution in [2.24, 2.45) is 5.73 Å². The third kappa shape index (κ3) is 6.51. The molecule has 3 N–H and O–H groups in total. The average molecular weight is 410 g/mol. The topological polar surface area (TPSA) is 58.4 Å². The number of nitrogens with one attached hydrogen (secondary N) is 1. The van der Waals surface area contributed by atoms with Crippen LogP contribution in [0.1, 0.15) is 41.1 Å². The maximum absolute atomic E-state index is 12.4. The smallest absolute Gasteiger partial charge is 0.241 e. The Morgan fingerprint density at radius 2 is 1.63 bits per heavy atom. The van der Waals surface area contributed by atoms with Gasteiger partial charge in [-0.15, -0.1) is 24.8 Å². The Labute approximate surface area is 174 Å². The van der Waals surface area contributed by atoms with E-state index in [1.54, 1.807) is 0 Å². The zero-order valence-corrected chi connectivity index (χ0v) is 17.3. The Bertz CT molecular complexity index is 716. The summed E-state index contributed by atoms with van der Waals surface area (Å²) in [6, 6.07) is 15.5. The minimum atomic E-state index is -0.633. The molecule has 0 saturated carbocycles. The van der Waals surface area contributed by atoms with Gasteiger partial charge in [-0.3, -0.25) is 9.69 Å². The predicted octanol–water partition coefficient (Wildman–Crippen LogP) is 3.75. The molecule has 0 spiro atoms. The van der Waals surface area contributed by atoms with Crippen LogP contribution in [0.4, 0.5) is 0 Å².